The van der Waals surface area contributed by atoms with Crippen LogP contribution in [0.4, 0.5) is 10.5 Å². The largest absolute Gasteiger partial charge is 0.507 e. The van der Waals surface area contributed by atoms with Gasteiger partial charge in [0.1, 0.15) is 11.3 Å². The van der Waals surface area contributed by atoms with E-state index in [0.29, 0.717) is 12.0 Å². The number of anilines is 1. The van der Waals surface area contributed by atoms with Crippen molar-refractivity contribution in [2.75, 3.05) is 18.0 Å². The Morgan fingerprint density at radius 3 is 2.46 bits per heavy atom. The van der Waals surface area contributed by atoms with E-state index in [1.54, 1.807) is 19.1 Å². The highest BCUT2D eigenvalue weighted by atomic mass is 16.3. The van der Waals surface area contributed by atoms with Crippen LogP contribution < -0.4 is 10.2 Å². The van der Waals surface area contributed by atoms with Crippen molar-refractivity contribution in [2.45, 2.75) is 39.7 Å². The molecule has 0 radical (unpaired) electrons. The second-order valence-corrected chi connectivity index (χ2v) is 5.89. The van der Waals surface area contributed by atoms with E-state index in [1.807, 2.05) is 26.8 Å². The fraction of sp³-hybridized carbons (Fsp3) is 0.471. The van der Waals surface area contributed by atoms with Crippen LogP contribution in [0, 0.1) is 0 Å². The van der Waals surface area contributed by atoms with Crippen molar-refractivity contribution >= 4 is 23.8 Å². The summed E-state index contributed by atoms with van der Waals surface area (Å²) in [7, 11) is 0. The maximum Gasteiger partial charge on any atom is 0.346 e. The van der Waals surface area contributed by atoms with Gasteiger partial charge in [-0.05, 0) is 39.3 Å². The molecule has 0 aromatic heterocycles. The fourth-order valence-corrected chi connectivity index (χ4v) is 2.56. The van der Waals surface area contributed by atoms with E-state index in [-0.39, 0.29) is 5.75 Å². The third kappa shape index (κ3) is 3.20. The van der Waals surface area contributed by atoms with Crippen molar-refractivity contribution in [1.29, 1.82) is 0 Å². The molecule has 1 aliphatic rings. The van der Waals surface area contributed by atoms with E-state index in [4.69, 9.17) is 0 Å². The molecule has 1 heterocycles. The molecule has 2 rings (SSSR count). The van der Waals surface area contributed by atoms with E-state index < -0.39 is 17.5 Å². The molecule has 7 nitrogen and oxygen atoms in total. The van der Waals surface area contributed by atoms with Gasteiger partial charge in [0.2, 0.25) is 0 Å². The molecule has 1 saturated heterocycles. The average molecular weight is 332 g/mol. The summed E-state index contributed by atoms with van der Waals surface area (Å²) in [6.07, 6.45) is 1.80. The molecule has 1 atom stereocenters. The fourth-order valence-electron chi connectivity index (χ4n) is 2.56. The number of rotatable bonds is 6. The van der Waals surface area contributed by atoms with Gasteiger partial charge < -0.3 is 15.3 Å². The topological polar surface area (TPSA) is 85.2 Å². The van der Waals surface area contributed by atoms with Crippen LogP contribution in [-0.2, 0) is 4.79 Å². The predicted octanol–water partition coefficient (Wildman–Crippen LogP) is 2.29. The van der Waals surface area contributed by atoms with E-state index in [0.717, 1.165) is 23.8 Å². The summed E-state index contributed by atoms with van der Waals surface area (Å²) < 4.78 is 0. The second-order valence-electron chi connectivity index (χ2n) is 5.89. The maximum absolute atomic E-state index is 12.3. The third-order valence-corrected chi connectivity index (χ3v) is 4.40. The minimum Gasteiger partial charge on any atom is -0.507 e. The first-order valence-corrected chi connectivity index (χ1v) is 8.14. The summed E-state index contributed by atoms with van der Waals surface area (Å²) in [6.45, 7) is 9.24. The first kappa shape index (κ1) is 17.8. The van der Waals surface area contributed by atoms with Crippen LogP contribution in [0.1, 0.15) is 39.7 Å². The van der Waals surface area contributed by atoms with Gasteiger partial charge in [0, 0.05) is 30.4 Å². The number of carbonyl (C=O) groups excluding carboxylic acids is 2. The molecule has 3 amide bonds. The minimum absolute atomic E-state index is 0.0495. The molecule has 0 spiro atoms. The Morgan fingerprint density at radius 1 is 1.29 bits per heavy atom. The monoisotopic (exact) mass is 332 g/mol. The molecule has 7 heteroatoms. The lowest BCUT2D eigenvalue weighted by atomic mass is 10.00. The summed E-state index contributed by atoms with van der Waals surface area (Å²) in [5, 5.41) is 17.5. The lowest BCUT2D eigenvalue weighted by Gasteiger charge is -2.21. The molecule has 1 aromatic carbocycles. The molecular formula is C17H24N4O3. The van der Waals surface area contributed by atoms with Crippen molar-refractivity contribution in [3.8, 4) is 5.75 Å². The van der Waals surface area contributed by atoms with Gasteiger partial charge in [0.05, 0.1) is 6.21 Å². The van der Waals surface area contributed by atoms with Crippen LogP contribution in [0.5, 0.6) is 5.75 Å². The zero-order valence-electron chi connectivity index (χ0n) is 14.5. The molecule has 1 fully saturated rings. The number of benzene rings is 1. The third-order valence-electron chi connectivity index (χ3n) is 4.40. The van der Waals surface area contributed by atoms with Crippen molar-refractivity contribution in [1.82, 2.24) is 10.3 Å². The lowest BCUT2D eigenvalue weighted by molar-refractivity contribution is -0.130. The maximum atomic E-state index is 12.3. The summed E-state index contributed by atoms with van der Waals surface area (Å²) >= 11 is 0. The molecule has 0 bridgehead atoms. The van der Waals surface area contributed by atoms with Gasteiger partial charge in [0.15, 0.2) is 0 Å². The van der Waals surface area contributed by atoms with E-state index in [9.17, 15) is 14.7 Å². The number of phenols is 1. The van der Waals surface area contributed by atoms with Crippen LogP contribution in [0.15, 0.2) is 23.3 Å². The van der Waals surface area contributed by atoms with E-state index >= 15 is 0 Å². The van der Waals surface area contributed by atoms with Crippen LogP contribution in [0.3, 0.4) is 0 Å². The van der Waals surface area contributed by atoms with Gasteiger partial charge in [-0.25, -0.2) is 4.79 Å². The van der Waals surface area contributed by atoms with E-state index in [1.165, 1.54) is 6.21 Å². The van der Waals surface area contributed by atoms with Gasteiger partial charge in [0.25, 0.3) is 5.91 Å². The van der Waals surface area contributed by atoms with Gasteiger partial charge >= 0.3 is 6.03 Å². The average Bonchev–Trinajstić information content (AvgIpc) is 2.78. The quantitative estimate of drug-likeness (QED) is 0.618. The van der Waals surface area contributed by atoms with Gasteiger partial charge in [-0.2, -0.15) is 5.10 Å². The summed E-state index contributed by atoms with van der Waals surface area (Å²) in [6, 6.07) is 4.68. The second kappa shape index (κ2) is 6.90. The number of nitrogens with zero attached hydrogens (tertiary/aromatic N) is 3. The number of carbonyl (C=O) groups is 2. The smallest absolute Gasteiger partial charge is 0.346 e. The number of hydrogen-bond donors (Lipinski definition) is 2. The Balaban J connectivity index is 2.21. The van der Waals surface area contributed by atoms with Crippen molar-refractivity contribution < 1.29 is 14.7 Å². The van der Waals surface area contributed by atoms with E-state index in [2.05, 4.69) is 15.3 Å². The molecule has 1 aliphatic heterocycles. The Morgan fingerprint density at radius 2 is 1.96 bits per heavy atom. The number of aromatic hydroxyl groups is 1. The SMILES string of the molecule is CCN(CC)c1ccc(/C=N/N2C(=O)N[C@](C)(CC)C2=O)c(O)c1. The Labute approximate surface area is 141 Å². The zero-order chi connectivity index (χ0) is 17.9. The standard InChI is InChI=1S/C17H24N4O3/c1-5-17(4)15(23)21(16(24)19-17)18-11-12-8-9-13(10-14(12)22)20(6-2)7-3/h8-11,22H,5-7H2,1-4H3,(H,19,24)/b18-11+/t17-/m1/s1. The Bertz CT molecular complexity index is 670. The highest BCUT2D eigenvalue weighted by molar-refractivity contribution is 6.07. The highest BCUT2D eigenvalue weighted by Gasteiger charge is 2.46. The molecule has 130 valence electrons. The number of amides is 3. The Hall–Kier alpha value is -2.57. The number of hydrogen-bond acceptors (Lipinski definition) is 5. The number of hydrazone groups is 1. The summed E-state index contributed by atoms with van der Waals surface area (Å²) in [4.78, 5) is 26.3. The molecule has 0 unspecified atom stereocenters. The normalized spacial score (nSPS) is 20.8. The van der Waals surface area contributed by atoms with Crippen LogP contribution in [-0.4, -0.2) is 46.9 Å². The molecule has 24 heavy (non-hydrogen) atoms. The van der Waals surface area contributed by atoms with Crippen LogP contribution in [0.25, 0.3) is 0 Å². The number of urea groups is 1. The first-order valence-electron chi connectivity index (χ1n) is 8.14. The van der Waals surface area contributed by atoms with Gasteiger partial charge in [-0.3, -0.25) is 4.79 Å². The highest BCUT2D eigenvalue weighted by Crippen LogP contribution is 2.25. The molecule has 0 saturated carbocycles. The first-order chi connectivity index (χ1) is 11.4. The van der Waals surface area contributed by atoms with Gasteiger partial charge in [-0.1, -0.05) is 6.92 Å². The summed E-state index contributed by atoms with van der Waals surface area (Å²) in [5.41, 5.74) is 0.420. The number of nitrogens with one attached hydrogen (secondary N) is 1. The lowest BCUT2D eigenvalue weighted by Crippen LogP contribution is -2.42. The van der Waals surface area contributed by atoms with Crippen molar-refractivity contribution in [3.63, 3.8) is 0 Å². The number of phenolic OH excluding ortho intramolecular Hbond substituents is 1. The van der Waals surface area contributed by atoms with Crippen molar-refractivity contribution in [2.24, 2.45) is 5.10 Å². The van der Waals surface area contributed by atoms with Crippen molar-refractivity contribution in [3.05, 3.63) is 23.8 Å². The zero-order valence-corrected chi connectivity index (χ0v) is 14.5. The molecule has 1 aromatic rings. The number of imide groups is 1. The molecule has 0 aliphatic carbocycles. The summed E-state index contributed by atoms with van der Waals surface area (Å²) in [5.74, 6) is -0.348. The molecular weight excluding hydrogens is 308 g/mol. The van der Waals surface area contributed by atoms with Gasteiger partial charge in [-0.15, -0.1) is 5.01 Å². The van der Waals surface area contributed by atoms with Crippen LogP contribution in [0.2, 0.25) is 0 Å². The predicted molar refractivity (Wildman–Crippen MR) is 93.3 cm³/mol. The molecule has 2 N–H and O–H groups in total. The Kier molecular flexibility index (Phi) is 5.11. The minimum atomic E-state index is -0.928. The van der Waals surface area contributed by atoms with Crippen LogP contribution >= 0.6 is 0 Å².